The minimum atomic E-state index is 0. The quantitative estimate of drug-likeness (QED) is 0.924. The van der Waals surface area contributed by atoms with Gasteiger partial charge in [-0.3, -0.25) is 4.90 Å². The normalized spacial score (nSPS) is 25.0. The van der Waals surface area contributed by atoms with Gasteiger partial charge in [-0.25, -0.2) is 0 Å². The first kappa shape index (κ1) is 16.4. The first-order valence-electron chi connectivity index (χ1n) is 7.43. The van der Waals surface area contributed by atoms with E-state index in [-0.39, 0.29) is 12.4 Å². The van der Waals surface area contributed by atoms with E-state index in [9.17, 15) is 0 Å². The van der Waals surface area contributed by atoms with E-state index in [0.29, 0.717) is 0 Å². The molecule has 2 aliphatic rings. The number of fused-ring (bicyclic) bond motifs is 1. The summed E-state index contributed by atoms with van der Waals surface area (Å²) < 4.78 is 10.7. The van der Waals surface area contributed by atoms with E-state index in [1.807, 2.05) is 6.07 Å². The molecule has 1 aromatic rings. The molecule has 2 atom stereocenters. The van der Waals surface area contributed by atoms with Gasteiger partial charge in [-0.15, -0.1) is 12.4 Å². The summed E-state index contributed by atoms with van der Waals surface area (Å²) in [7, 11) is 3.41. The molecule has 2 heterocycles. The summed E-state index contributed by atoms with van der Waals surface area (Å²) in [5.41, 5.74) is 1.27. The van der Waals surface area contributed by atoms with Crippen molar-refractivity contribution in [3.8, 4) is 11.5 Å². The number of nitrogens with one attached hydrogen (secondary N) is 1. The molecule has 21 heavy (non-hydrogen) atoms. The third-order valence-electron chi connectivity index (χ3n) is 4.61. The van der Waals surface area contributed by atoms with Crippen molar-refractivity contribution < 1.29 is 9.47 Å². The predicted molar refractivity (Wildman–Crippen MR) is 86.5 cm³/mol. The SMILES string of the molecule is COc1cc(CN2CCC3CNCC3C2)cc(OC)c1.Cl. The summed E-state index contributed by atoms with van der Waals surface area (Å²) in [6, 6.07) is 6.15. The van der Waals surface area contributed by atoms with Crippen LogP contribution in [-0.2, 0) is 6.54 Å². The Bertz CT molecular complexity index is 447. The zero-order chi connectivity index (χ0) is 13.9. The smallest absolute Gasteiger partial charge is 0.122 e. The van der Waals surface area contributed by atoms with Crippen molar-refractivity contribution in [3.63, 3.8) is 0 Å². The molecular formula is C16H25ClN2O2. The maximum atomic E-state index is 5.35. The summed E-state index contributed by atoms with van der Waals surface area (Å²) >= 11 is 0. The Morgan fingerprint density at radius 2 is 1.76 bits per heavy atom. The van der Waals surface area contributed by atoms with Crippen LogP contribution in [0, 0.1) is 11.8 Å². The van der Waals surface area contributed by atoms with Gasteiger partial charge < -0.3 is 14.8 Å². The van der Waals surface area contributed by atoms with Crippen molar-refractivity contribution >= 4 is 12.4 Å². The molecule has 4 nitrogen and oxygen atoms in total. The molecule has 2 fully saturated rings. The summed E-state index contributed by atoms with van der Waals surface area (Å²) in [5.74, 6) is 3.47. The van der Waals surface area contributed by atoms with Crippen LogP contribution in [0.4, 0.5) is 0 Å². The van der Waals surface area contributed by atoms with Crippen LogP contribution in [0.15, 0.2) is 18.2 Å². The van der Waals surface area contributed by atoms with Gasteiger partial charge in [0, 0.05) is 19.2 Å². The highest BCUT2D eigenvalue weighted by Gasteiger charge is 2.32. The third-order valence-corrected chi connectivity index (χ3v) is 4.61. The van der Waals surface area contributed by atoms with Gasteiger partial charge in [-0.2, -0.15) is 0 Å². The summed E-state index contributed by atoms with van der Waals surface area (Å²) in [6.07, 6.45) is 1.32. The Labute approximate surface area is 133 Å². The Morgan fingerprint density at radius 1 is 1.10 bits per heavy atom. The number of rotatable bonds is 4. The lowest BCUT2D eigenvalue weighted by Gasteiger charge is -2.34. The first-order valence-corrected chi connectivity index (χ1v) is 7.43. The number of likely N-dealkylation sites (tertiary alicyclic amines) is 1. The van der Waals surface area contributed by atoms with Gasteiger partial charge >= 0.3 is 0 Å². The van der Waals surface area contributed by atoms with Crippen LogP contribution in [0.25, 0.3) is 0 Å². The molecule has 0 saturated carbocycles. The Morgan fingerprint density at radius 3 is 2.43 bits per heavy atom. The molecule has 0 aromatic heterocycles. The van der Waals surface area contributed by atoms with Crippen LogP contribution >= 0.6 is 12.4 Å². The van der Waals surface area contributed by atoms with Crippen LogP contribution in [0.2, 0.25) is 0 Å². The molecule has 0 spiro atoms. The fraction of sp³-hybridized carbons (Fsp3) is 0.625. The summed E-state index contributed by atoms with van der Waals surface area (Å²) in [5, 5.41) is 3.52. The van der Waals surface area contributed by atoms with Gasteiger partial charge in [0.2, 0.25) is 0 Å². The maximum absolute atomic E-state index is 5.35. The van der Waals surface area contributed by atoms with E-state index in [4.69, 9.17) is 9.47 Å². The zero-order valence-electron chi connectivity index (χ0n) is 12.8. The number of methoxy groups -OCH3 is 2. The van der Waals surface area contributed by atoms with Crippen LogP contribution in [0.3, 0.4) is 0 Å². The average molecular weight is 313 g/mol. The number of nitrogens with zero attached hydrogens (tertiary/aromatic N) is 1. The van der Waals surface area contributed by atoms with Crippen molar-refractivity contribution in [2.75, 3.05) is 40.4 Å². The third kappa shape index (κ3) is 3.82. The highest BCUT2D eigenvalue weighted by Crippen LogP contribution is 2.29. The van der Waals surface area contributed by atoms with Crippen molar-refractivity contribution in [1.82, 2.24) is 10.2 Å². The molecule has 2 unspecified atom stereocenters. The van der Waals surface area contributed by atoms with Gasteiger partial charge in [-0.05, 0) is 55.6 Å². The molecule has 0 radical (unpaired) electrons. The van der Waals surface area contributed by atoms with Gasteiger partial charge in [0.05, 0.1) is 14.2 Å². The molecule has 2 aliphatic heterocycles. The Kier molecular flexibility index (Phi) is 5.73. The van der Waals surface area contributed by atoms with Crippen LogP contribution < -0.4 is 14.8 Å². The van der Waals surface area contributed by atoms with E-state index in [1.165, 1.54) is 38.2 Å². The lowest BCUT2D eigenvalue weighted by atomic mass is 9.88. The van der Waals surface area contributed by atoms with Crippen molar-refractivity contribution in [3.05, 3.63) is 23.8 Å². The molecule has 3 rings (SSSR count). The minimum absolute atomic E-state index is 0. The second-order valence-electron chi connectivity index (χ2n) is 5.92. The fourth-order valence-electron chi connectivity index (χ4n) is 3.47. The Hall–Kier alpha value is -0.970. The lowest BCUT2D eigenvalue weighted by Crippen LogP contribution is -2.39. The number of benzene rings is 1. The van der Waals surface area contributed by atoms with Gasteiger partial charge in [0.25, 0.3) is 0 Å². The van der Waals surface area contributed by atoms with Crippen molar-refractivity contribution in [2.45, 2.75) is 13.0 Å². The minimum Gasteiger partial charge on any atom is -0.497 e. The first-order chi connectivity index (χ1) is 9.78. The predicted octanol–water partition coefficient (Wildman–Crippen LogP) is 2.17. The molecular weight excluding hydrogens is 288 g/mol. The topological polar surface area (TPSA) is 33.7 Å². The van der Waals surface area contributed by atoms with E-state index < -0.39 is 0 Å². The van der Waals surface area contributed by atoms with Gasteiger partial charge in [0.1, 0.15) is 11.5 Å². The van der Waals surface area contributed by atoms with Crippen LogP contribution in [-0.4, -0.2) is 45.3 Å². The maximum Gasteiger partial charge on any atom is 0.122 e. The standard InChI is InChI=1S/C16H24N2O2.ClH/c1-19-15-5-12(6-16(7-15)20-2)10-18-4-3-13-8-17-9-14(13)11-18;/h5-7,13-14,17H,3-4,8-11H2,1-2H3;1H. The van der Waals surface area contributed by atoms with Crippen molar-refractivity contribution in [1.29, 1.82) is 0 Å². The van der Waals surface area contributed by atoms with Gasteiger partial charge in [-0.1, -0.05) is 0 Å². The fourth-order valence-corrected chi connectivity index (χ4v) is 3.47. The van der Waals surface area contributed by atoms with Gasteiger partial charge in [0.15, 0.2) is 0 Å². The molecule has 5 heteroatoms. The Balaban J connectivity index is 0.00000161. The molecule has 1 aromatic carbocycles. The zero-order valence-corrected chi connectivity index (χ0v) is 13.6. The number of hydrogen-bond donors (Lipinski definition) is 1. The highest BCUT2D eigenvalue weighted by molar-refractivity contribution is 5.85. The van der Waals surface area contributed by atoms with Crippen LogP contribution in [0.1, 0.15) is 12.0 Å². The largest absolute Gasteiger partial charge is 0.497 e. The molecule has 0 bridgehead atoms. The highest BCUT2D eigenvalue weighted by atomic mass is 35.5. The summed E-state index contributed by atoms with van der Waals surface area (Å²) in [4.78, 5) is 2.56. The molecule has 118 valence electrons. The van der Waals surface area contributed by atoms with E-state index in [1.54, 1.807) is 14.2 Å². The number of halogens is 1. The van der Waals surface area contributed by atoms with Crippen molar-refractivity contribution in [2.24, 2.45) is 11.8 Å². The number of ether oxygens (including phenoxy) is 2. The molecule has 1 N–H and O–H groups in total. The molecule has 0 amide bonds. The van der Waals surface area contributed by atoms with E-state index >= 15 is 0 Å². The van der Waals surface area contributed by atoms with E-state index in [2.05, 4.69) is 22.3 Å². The number of piperidine rings is 1. The molecule has 0 aliphatic carbocycles. The second kappa shape index (κ2) is 7.34. The summed E-state index contributed by atoms with van der Waals surface area (Å²) in [6.45, 7) is 5.78. The lowest BCUT2D eigenvalue weighted by molar-refractivity contribution is 0.142. The number of hydrogen-bond acceptors (Lipinski definition) is 4. The second-order valence-corrected chi connectivity index (χ2v) is 5.92. The average Bonchev–Trinajstić information content (AvgIpc) is 2.94. The van der Waals surface area contributed by atoms with E-state index in [0.717, 1.165) is 29.9 Å². The molecule has 2 saturated heterocycles. The van der Waals surface area contributed by atoms with Crippen LogP contribution in [0.5, 0.6) is 11.5 Å². The monoisotopic (exact) mass is 312 g/mol.